The summed E-state index contributed by atoms with van der Waals surface area (Å²) in [6.07, 6.45) is 2.57. The summed E-state index contributed by atoms with van der Waals surface area (Å²) in [5, 5.41) is 4.69. The highest BCUT2D eigenvalue weighted by molar-refractivity contribution is 5.98. The molecule has 1 aliphatic heterocycles. The van der Waals surface area contributed by atoms with E-state index in [-0.39, 0.29) is 23.4 Å². The second-order valence-electron chi connectivity index (χ2n) is 7.33. The minimum atomic E-state index is -0.324. The zero-order valence-corrected chi connectivity index (χ0v) is 16.0. The molecule has 0 radical (unpaired) electrons. The molecule has 2 aromatic heterocycles. The van der Waals surface area contributed by atoms with Gasteiger partial charge in [-0.3, -0.25) is 9.59 Å². The van der Waals surface area contributed by atoms with Gasteiger partial charge in [-0.05, 0) is 18.1 Å². The van der Waals surface area contributed by atoms with Crippen molar-refractivity contribution in [2.24, 2.45) is 0 Å². The number of pyridine rings is 1. The van der Waals surface area contributed by atoms with Gasteiger partial charge in [0.05, 0.1) is 12.1 Å². The van der Waals surface area contributed by atoms with Crippen LogP contribution in [0.4, 0.5) is 0 Å². The molecule has 1 amide bonds. The number of aryl methyl sites for hydroxylation is 2. The zero-order valence-electron chi connectivity index (χ0n) is 16.0. The number of hydrogen-bond donors (Lipinski definition) is 0. The van der Waals surface area contributed by atoms with Gasteiger partial charge < -0.3 is 14.0 Å². The van der Waals surface area contributed by atoms with Gasteiger partial charge in [-0.25, -0.2) is 0 Å². The molecule has 0 atom stereocenters. The lowest BCUT2D eigenvalue weighted by atomic mass is 10.1. The van der Waals surface area contributed by atoms with E-state index in [1.54, 1.807) is 19.3 Å². The summed E-state index contributed by atoms with van der Waals surface area (Å²) in [6.45, 7) is 1.01. The van der Waals surface area contributed by atoms with Crippen molar-refractivity contribution in [3.63, 3.8) is 0 Å². The molecule has 144 valence electrons. The van der Waals surface area contributed by atoms with Crippen LogP contribution in [0.25, 0.3) is 22.2 Å². The van der Waals surface area contributed by atoms with Crippen molar-refractivity contribution in [2.45, 2.75) is 19.5 Å². The minimum Gasteiger partial charge on any atom is -0.359 e. The third-order valence-electron chi connectivity index (χ3n) is 5.40. The molecule has 2 aromatic carbocycles. The van der Waals surface area contributed by atoms with Crippen molar-refractivity contribution in [2.75, 3.05) is 7.05 Å². The fraction of sp³-hybridized carbons (Fsp3) is 0.174. The summed E-state index contributed by atoms with van der Waals surface area (Å²) in [4.78, 5) is 27.5. The molecule has 0 aliphatic carbocycles. The molecule has 3 heterocycles. The van der Waals surface area contributed by atoms with Crippen LogP contribution in [0.5, 0.6) is 0 Å². The Hall–Kier alpha value is -3.67. The van der Waals surface area contributed by atoms with Crippen LogP contribution in [0.15, 0.2) is 70.1 Å². The van der Waals surface area contributed by atoms with E-state index in [4.69, 9.17) is 4.52 Å². The predicted octanol–water partition coefficient (Wildman–Crippen LogP) is 3.48. The Morgan fingerprint density at radius 3 is 2.83 bits per heavy atom. The monoisotopic (exact) mass is 385 g/mol. The number of carbonyl (C=O) groups excluding carboxylic acids is 1. The Kier molecular flexibility index (Phi) is 4.05. The molecule has 4 aromatic rings. The molecular formula is C23H19N3O3. The highest BCUT2D eigenvalue weighted by Gasteiger charge is 2.23. The number of benzene rings is 2. The fourth-order valence-electron chi connectivity index (χ4n) is 3.95. The Morgan fingerprint density at radius 1 is 1.17 bits per heavy atom. The van der Waals surface area contributed by atoms with E-state index in [2.05, 4.69) is 5.16 Å². The Labute approximate surface area is 167 Å². The zero-order chi connectivity index (χ0) is 20.0. The molecule has 0 fully saturated rings. The smallest absolute Gasteiger partial charge is 0.259 e. The highest BCUT2D eigenvalue weighted by atomic mass is 16.5. The maximum atomic E-state index is 13.0. The topological polar surface area (TPSA) is 68.3 Å². The molecule has 1 aliphatic rings. The molecule has 6 heteroatoms. The van der Waals surface area contributed by atoms with Crippen LogP contribution in [-0.4, -0.2) is 27.6 Å². The van der Waals surface area contributed by atoms with E-state index in [1.165, 1.54) is 4.90 Å². The highest BCUT2D eigenvalue weighted by Crippen LogP contribution is 2.24. The lowest BCUT2D eigenvalue weighted by Crippen LogP contribution is -2.31. The Balaban J connectivity index is 1.43. The molecule has 5 rings (SSSR count). The SMILES string of the molecule is CN(Cc1cc(-c2ccccc2)no1)C(=O)c1cn2c3c(cccc3c1=O)CC2. The molecule has 6 nitrogen and oxygen atoms in total. The summed E-state index contributed by atoms with van der Waals surface area (Å²) >= 11 is 0. The van der Waals surface area contributed by atoms with Gasteiger partial charge in [0.2, 0.25) is 5.43 Å². The number of carbonyl (C=O) groups is 1. The van der Waals surface area contributed by atoms with E-state index in [1.807, 2.05) is 53.1 Å². The average molecular weight is 385 g/mol. The number of rotatable bonds is 4. The van der Waals surface area contributed by atoms with Crippen molar-refractivity contribution in [1.29, 1.82) is 0 Å². The third kappa shape index (κ3) is 2.93. The van der Waals surface area contributed by atoms with Crippen LogP contribution in [-0.2, 0) is 19.5 Å². The standard InChI is InChI=1S/C23H19N3O3/c1-25(13-17-12-20(24-29-17)15-6-3-2-4-7-15)23(28)19-14-26-11-10-16-8-5-9-18(21(16)26)22(19)27/h2-9,12,14H,10-11,13H2,1H3. The molecule has 0 N–H and O–H groups in total. The first-order chi connectivity index (χ1) is 14.1. The maximum Gasteiger partial charge on any atom is 0.259 e. The molecule has 0 unspecified atom stereocenters. The van der Waals surface area contributed by atoms with Crippen LogP contribution in [0.3, 0.4) is 0 Å². The van der Waals surface area contributed by atoms with Crippen molar-refractivity contribution in [3.8, 4) is 11.3 Å². The minimum absolute atomic E-state index is 0.182. The quantitative estimate of drug-likeness (QED) is 0.539. The normalized spacial score (nSPS) is 12.4. The molecule has 0 saturated carbocycles. The Bertz CT molecular complexity index is 1290. The number of para-hydroxylation sites is 1. The maximum absolute atomic E-state index is 13.0. The lowest BCUT2D eigenvalue weighted by molar-refractivity contribution is 0.0770. The van der Waals surface area contributed by atoms with E-state index in [0.717, 1.165) is 29.6 Å². The predicted molar refractivity (Wildman–Crippen MR) is 110 cm³/mol. The molecule has 0 saturated heterocycles. The molecule has 0 bridgehead atoms. The van der Waals surface area contributed by atoms with Crippen LogP contribution in [0, 0.1) is 0 Å². The van der Waals surface area contributed by atoms with Crippen molar-refractivity contribution in [3.05, 3.63) is 87.9 Å². The van der Waals surface area contributed by atoms with Gasteiger partial charge in [0, 0.05) is 36.8 Å². The van der Waals surface area contributed by atoms with E-state index >= 15 is 0 Å². The first kappa shape index (κ1) is 17.4. The lowest BCUT2D eigenvalue weighted by Gasteiger charge is -2.16. The van der Waals surface area contributed by atoms with Crippen molar-refractivity contribution >= 4 is 16.8 Å². The largest absolute Gasteiger partial charge is 0.359 e. The summed E-state index contributed by atoms with van der Waals surface area (Å²) < 4.78 is 7.41. The molecule has 0 spiro atoms. The van der Waals surface area contributed by atoms with Gasteiger partial charge in [-0.2, -0.15) is 0 Å². The van der Waals surface area contributed by atoms with Gasteiger partial charge in [-0.15, -0.1) is 0 Å². The number of amides is 1. The van der Waals surface area contributed by atoms with Crippen LogP contribution >= 0.6 is 0 Å². The van der Waals surface area contributed by atoms with Gasteiger partial charge >= 0.3 is 0 Å². The third-order valence-corrected chi connectivity index (χ3v) is 5.40. The van der Waals surface area contributed by atoms with Gasteiger partial charge in [0.25, 0.3) is 5.91 Å². The second kappa shape index (κ2) is 6.74. The van der Waals surface area contributed by atoms with Gasteiger partial charge in [-0.1, -0.05) is 47.6 Å². The van der Waals surface area contributed by atoms with E-state index < -0.39 is 0 Å². The Morgan fingerprint density at radius 2 is 2.00 bits per heavy atom. The van der Waals surface area contributed by atoms with Crippen molar-refractivity contribution < 1.29 is 9.32 Å². The van der Waals surface area contributed by atoms with Gasteiger partial charge in [0.15, 0.2) is 5.76 Å². The summed E-state index contributed by atoms with van der Waals surface area (Å²) in [5.74, 6) is 0.239. The summed E-state index contributed by atoms with van der Waals surface area (Å²) in [5.41, 5.74) is 3.72. The molecular weight excluding hydrogens is 366 g/mol. The van der Waals surface area contributed by atoms with Crippen molar-refractivity contribution in [1.82, 2.24) is 14.6 Å². The van der Waals surface area contributed by atoms with Gasteiger partial charge in [0.1, 0.15) is 11.3 Å². The summed E-state index contributed by atoms with van der Waals surface area (Å²) in [7, 11) is 1.66. The number of nitrogens with zero attached hydrogens (tertiary/aromatic N) is 3. The van der Waals surface area contributed by atoms with Crippen LogP contribution in [0.2, 0.25) is 0 Å². The first-order valence-electron chi connectivity index (χ1n) is 9.53. The first-order valence-corrected chi connectivity index (χ1v) is 9.53. The van der Waals surface area contributed by atoms with E-state index in [0.29, 0.717) is 16.8 Å². The number of hydrogen-bond acceptors (Lipinski definition) is 4. The van der Waals surface area contributed by atoms with E-state index in [9.17, 15) is 9.59 Å². The average Bonchev–Trinajstić information content (AvgIpc) is 3.38. The van der Waals surface area contributed by atoms with Crippen LogP contribution in [0.1, 0.15) is 21.7 Å². The second-order valence-corrected chi connectivity index (χ2v) is 7.33. The summed E-state index contributed by atoms with van der Waals surface area (Å²) in [6, 6.07) is 17.2. The number of aromatic nitrogens is 2. The molecule has 29 heavy (non-hydrogen) atoms. The van der Waals surface area contributed by atoms with Crippen LogP contribution < -0.4 is 5.43 Å². The fourth-order valence-corrected chi connectivity index (χ4v) is 3.95.